The molecule has 3 N–H and O–H groups in total. The average Bonchev–Trinajstić information content (AvgIpc) is 2.76. The van der Waals surface area contributed by atoms with Crippen molar-refractivity contribution in [3.05, 3.63) is 29.3 Å². The Balaban J connectivity index is 0.000000580. The van der Waals surface area contributed by atoms with Gasteiger partial charge in [0.25, 0.3) is 0 Å². The number of hydrogen-bond donors (Lipinski definition) is 3. The van der Waals surface area contributed by atoms with Crippen molar-refractivity contribution in [1.29, 1.82) is 0 Å². The monoisotopic (exact) mass is 573 g/mol. The van der Waals surface area contributed by atoms with E-state index in [4.69, 9.17) is 4.74 Å². The van der Waals surface area contributed by atoms with Crippen molar-refractivity contribution in [2.24, 2.45) is 5.92 Å². The molecule has 1 atom stereocenters. The van der Waals surface area contributed by atoms with Crippen LogP contribution in [0.1, 0.15) is 64.9 Å². The van der Waals surface area contributed by atoms with Gasteiger partial charge in [-0.15, -0.1) is 0 Å². The number of amides is 3. The molecular weight excluding hydrogens is 528 g/mol. The van der Waals surface area contributed by atoms with Crippen LogP contribution in [0.5, 0.6) is 0 Å². The zero-order valence-corrected chi connectivity index (χ0v) is 25.0. The number of alkyl carbamates (subject to hydrolysis) is 1. The number of aliphatic hydroxyl groups excluding tert-OH is 1. The van der Waals surface area contributed by atoms with E-state index < -0.39 is 29.6 Å². The first kappa shape index (κ1) is 32.8. The van der Waals surface area contributed by atoms with E-state index in [1.54, 1.807) is 11.8 Å². The van der Waals surface area contributed by atoms with Gasteiger partial charge in [0.2, 0.25) is 12.3 Å². The van der Waals surface area contributed by atoms with Gasteiger partial charge in [-0.25, -0.2) is 23.6 Å². The van der Waals surface area contributed by atoms with Crippen molar-refractivity contribution in [2.75, 3.05) is 43.4 Å². The molecule has 0 spiro atoms. The van der Waals surface area contributed by atoms with E-state index in [1.165, 1.54) is 0 Å². The van der Waals surface area contributed by atoms with Crippen LogP contribution in [0, 0.1) is 17.6 Å². The molecule has 0 bridgehead atoms. The minimum absolute atomic E-state index is 0.188. The van der Waals surface area contributed by atoms with Crippen LogP contribution < -0.4 is 15.5 Å². The van der Waals surface area contributed by atoms with Crippen LogP contribution >= 0.6 is 10.0 Å². The van der Waals surface area contributed by atoms with Crippen LogP contribution in [-0.4, -0.2) is 78.9 Å². The highest BCUT2D eigenvalue weighted by molar-refractivity contribution is 8.33. The first-order valence-electron chi connectivity index (χ1n) is 13.3. The van der Waals surface area contributed by atoms with Crippen molar-refractivity contribution in [3.63, 3.8) is 0 Å². The van der Waals surface area contributed by atoms with E-state index in [-0.39, 0.29) is 53.1 Å². The molecule has 8 nitrogen and oxygen atoms in total. The molecule has 1 heterocycles. The highest BCUT2D eigenvalue weighted by Gasteiger charge is 2.33. The Morgan fingerprint density at radius 2 is 1.72 bits per heavy atom. The number of rotatable bonds is 9. The summed E-state index contributed by atoms with van der Waals surface area (Å²) in [6.45, 7) is 9.68. The largest absolute Gasteiger partial charge is 0.449 e. The summed E-state index contributed by atoms with van der Waals surface area (Å²) >= 11 is 0. The molecule has 1 saturated heterocycles. The zero-order chi connectivity index (χ0) is 29.5. The summed E-state index contributed by atoms with van der Waals surface area (Å²) in [5.74, 6) is -3.36. The first-order chi connectivity index (χ1) is 18.1. The lowest BCUT2D eigenvalue weighted by molar-refractivity contribution is -0.126. The second-order valence-electron chi connectivity index (χ2n) is 12.1. The van der Waals surface area contributed by atoms with Crippen molar-refractivity contribution < 1.29 is 33.0 Å². The fourth-order valence-electron chi connectivity index (χ4n) is 3.96. The van der Waals surface area contributed by atoms with Gasteiger partial charge in [0, 0.05) is 24.3 Å². The van der Waals surface area contributed by atoms with Crippen LogP contribution in [0.4, 0.5) is 19.3 Å². The Kier molecular flexibility index (Phi) is 11.6. The smallest absolute Gasteiger partial charge is 0.407 e. The molecule has 2 fully saturated rings. The second kappa shape index (κ2) is 13.8. The van der Waals surface area contributed by atoms with Crippen molar-refractivity contribution in [2.45, 2.75) is 76.2 Å². The predicted octanol–water partition coefficient (Wildman–Crippen LogP) is 4.29. The molecule has 1 unspecified atom stereocenters. The van der Waals surface area contributed by atoms with E-state index in [1.807, 2.05) is 5.32 Å². The maximum absolute atomic E-state index is 14.7. The molecule has 3 rings (SSSR count). The summed E-state index contributed by atoms with van der Waals surface area (Å²) < 4.78 is 35.1. The molecule has 1 aliphatic carbocycles. The third kappa shape index (κ3) is 9.34. The summed E-state index contributed by atoms with van der Waals surface area (Å²) in [7, 11) is -0.340. The fraction of sp³-hybridized carbons (Fsp3) is 0.679. The molecule has 1 aliphatic heterocycles. The summed E-state index contributed by atoms with van der Waals surface area (Å²) in [4.78, 5) is 36.1. The number of hydrogen-bond acceptors (Lipinski definition) is 6. The number of halogens is 2. The quantitative estimate of drug-likeness (QED) is 0.381. The minimum atomic E-state index is -1.10. The van der Waals surface area contributed by atoms with E-state index in [0.717, 1.165) is 12.1 Å². The third-order valence-corrected chi connectivity index (χ3v) is 11.2. The van der Waals surface area contributed by atoms with Crippen molar-refractivity contribution in [1.82, 2.24) is 10.6 Å². The molecule has 222 valence electrons. The summed E-state index contributed by atoms with van der Waals surface area (Å²) in [5.41, 5.74) is -0.0514. The molecule has 0 aromatic heterocycles. The van der Waals surface area contributed by atoms with Crippen LogP contribution in [0.15, 0.2) is 12.1 Å². The van der Waals surface area contributed by atoms with Crippen molar-refractivity contribution >= 4 is 34.1 Å². The van der Waals surface area contributed by atoms with Gasteiger partial charge in [-0.2, -0.15) is 0 Å². The molecule has 39 heavy (non-hydrogen) atoms. The molecule has 1 saturated carbocycles. The maximum atomic E-state index is 14.7. The average molecular weight is 574 g/mol. The number of imide groups is 1. The summed E-state index contributed by atoms with van der Waals surface area (Å²) in [6.07, 6.45) is 8.37. The number of ether oxygens (including phenoxy) is 1. The first-order valence-corrected chi connectivity index (χ1v) is 16.2. The molecule has 3 amide bonds. The van der Waals surface area contributed by atoms with E-state index >= 15 is 0 Å². The van der Waals surface area contributed by atoms with Crippen LogP contribution in [-0.2, 0) is 14.3 Å². The Hall–Kier alpha value is -2.40. The van der Waals surface area contributed by atoms with Gasteiger partial charge in [0.1, 0.15) is 11.6 Å². The van der Waals surface area contributed by atoms with Gasteiger partial charge < -0.3 is 20.1 Å². The highest BCUT2D eigenvalue weighted by Crippen LogP contribution is 2.48. The summed E-state index contributed by atoms with van der Waals surface area (Å²) in [5, 5.41) is 13.9. The lowest BCUT2D eigenvalue weighted by Gasteiger charge is -2.41. The van der Waals surface area contributed by atoms with E-state index in [9.17, 15) is 28.3 Å². The van der Waals surface area contributed by atoms with E-state index in [0.29, 0.717) is 42.8 Å². The number of aliphatic hydroxyl groups is 1. The van der Waals surface area contributed by atoms with Gasteiger partial charge in [-0.1, -0.05) is 34.1 Å². The molecule has 1 aromatic rings. The summed E-state index contributed by atoms with van der Waals surface area (Å²) in [6, 6.07) is 2.11. The molecule has 0 radical (unpaired) electrons. The number of nitrogens with one attached hydrogen (secondary N) is 2. The predicted molar refractivity (Wildman–Crippen MR) is 153 cm³/mol. The van der Waals surface area contributed by atoms with Gasteiger partial charge >= 0.3 is 6.09 Å². The third-order valence-electron chi connectivity index (χ3n) is 7.57. The van der Waals surface area contributed by atoms with Gasteiger partial charge in [-0.05, 0) is 60.8 Å². The number of benzene rings is 1. The fourth-order valence-corrected chi connectivity index (χ4v) is 3.96. The Morgan fingerprint density at radius 1 is 1.18 bits per heavy atom. The lowest BCUT2D eigenvalue weighted by atomic mass is 9.83. The Labute approximate surface area is 232 Å². The van der Waals surface area contributed by atoms with Crippen LogP contribution in [0.25, 0.3) is 0 Å². The van der Waals surface area contributed by atoms with E-state index in [2.05, 4.69) is 44.9 Å². The number of nitrogens with zero attached hydrogens (tertiary/aromatic N) is 1. The minimum Gasteiger partial charge on any atom is -0.449 e. The normalized spacial score (nSPS) is 20.4. The molecule has 11 heteroatoms. The van der Waals surface area contributed by atoms with Crippen LogP contribution in [0.2, 0.25) is 0 Å². The number of carbonyl (C=O) groups excluding carboxylic acids is 3. The van der Waals surface area contributed by atoms with Gasteiger partial charge in [0.05, 0.1) is 24.7 Å². The SMILES string of the molecule is CC(C)(C)S(C)(C)C.CCCC(C(=O)NC=O)c1c(F)cc(N2CC(NC(=O)OCC3CC(O)C3)C2)cc1F. The van der Waals surface area contributed by atoms with Crippen molar-refractivity contribution in [3.8, 4) is 0 Å². The highest BCUT2D eigenvalue weighted by atomic mass is 32.3. The molecule has 1 aromatic carbocycles. The van der Waals surface area contributed by atoms with Crippen LogP contribution in [0.3, 0.4) is 0 Å². The Morgan fingerprint density at radius 3 is 2.15 bits per heavy atom. The standard InChI is InChI=1S/C21H27F2N3O5.C7H18S/c1-2-3-16(20(29)24-11-27)19-17(22)6-14(7-18(19)23)26-8-13(9-26)25-21(30)31-10-12-4-15(28)5-12;1-7(2,3)8(4,5)6/h6-7,11-13,15-16,28H,2-5,8-10H2,1H3,(H,25,30)(H,24,27,29);1-6H3. The lowest BCUT2D eigenvalue weighted by Crippen LogP contribution is -2.59. The zero-order valence-electron chi connectivity index (χ0n) is 24.2. The van der Waals surface area contributed by atoms with Gasteiger partial charge in [-0.3, -0.25) is 14.9 Å². The number of carbonyl (C=O) groups is 3. The Bertz CT molecular complexity index is 965. The molecule has 2 aliphatic rings. The topological polar surface area (TPSA) is 108 Å². The maximum Gasteiger partial charge on any atom is 0.407 e. The van der Waals surface area contributed by atoms with Gasteiger partial charge in [0.15, 0.2) is 0 Å². The second-order valence-corrected chi connectivity index (χ2v) is 17.0. The number of anilines is 1. The molecular formula is C28H45F2N3O5S.